The Labute approximate surface area is 219 Å². The van der Waals surface area contributed by atoms with Crippen molar-refractivity contribution in [1.82, 2.24) is 10.2 Å². The van der Waals surface area contributed by atoms with Crippen molar-refractivity contribution in [2.75, 3.05) is 31.3 Å². The number of aryl methyl sites for hydroxylation is 1. The van der Waals surface area contributed by atoms with Crippen molar-refractivity contribution in [3.05, 3.63) is 53.6 Å². The standard InChI is InChI=1S/C27H37N3O6S/c1-19-13-14-25(36-4)24(15-19)30(37(5,33)34)18-26(31)29(17-21-9-8-12-23(16-21)35-3)20(2)27(32)28-22-10-6-7-11-22/h8-9,12-16,20,22H,6-7,10-11,17-18H2,1-5H3,(H,28,32)/t20-/m1/s1. The lowest BCUT2D eigenvalue weighted by Crippen LogP contribution is -2.52. The summed E-state index contributed by atoms with van der Waals surface area (Å²) in [5.74, 6) is 0.179. The number of ether oxygens (including phenoxy) is 2. The Morgan fingerprint density at radius 3 is 2.41 bits per heavy atom. The number of anilines is 1. The number of nitrogens with zero attached hydrogens (tertiary/aromatic N) is 2. The number of methoxy groups -OCH3 is 2. The van der Waals surface area contributed by atoms with E-state index < -0.39 is 28.5 Å². The van der Waals surface area contributed by atoms with Crippen LogP contribution in [0.25, 0.3) is 0 Å². The van der Waals surface area contributed by atoms with E-state index in [4.69, 9.17) is 9.47 Å². The first kappa shape index (κ1) is 28.3. The van der Waals surface area contributed by atoms with Crippen LogP contribution in [0.3, 0.4) is 0 Å². The van der Waals surface area contributed by atoms with Gasteiger partial charge in [-0.2, -0.15) is 0 Å². The normalized spacial score (nSPS) is 14.6. The van der Waals surface area contributed by atoms with Crippen LogP contribution in [0.15, 0.2) is 42.5 Å². The van der Waals surface area contributed by atoms with Crippen molar-refractivity contribution in [2.24, 2.45) is 0 Å². The molecule has 0 radical (unpaired) electrons. The van der Waals surface area contributed by atoms with Crippen molar-refractivity contribution in [1.29, 1.82) is 0 Å². The van der Waals surface area contributed by atoms with Gasteiger partial charge in [0.2, 0.25) is 21.8 Å². The summed E-state index contributed by atoms with van der Waals surface area (Å²) in [4.78, 5) is 28.4. The van der Waals surface area contributed by atoms with E-state index in [1.54, 1.807) is 50.4 Å². The largest absolute Gasteiger partial charge is 0.497 e. The summed E-state index contributed by atoms with van der Waals surface area (Å²) >= 11 is 0. The van der Waals surface area contributed by atoms with Crippen LogP contribution in [0, 0.1) is 6.92 Å². The molecule has 0 saturated heterocycles. The van der Waals surface area contributed by atoms with E-state index >= 15 is 0 Å². The molecule has 10 heteroatoms. The van der Waals surface area contributed by atoms with Crippen molar-refractivity contribution in [3.8, 4) is 11.5 Å². The molecule has 0 heterocycles. The highest BCUT2D eigenvalue weighted by molar-refractivity contribution is 7.92. The molecular formula is C27H37N3O6S. The van der Waals surface area contributed by atoms with Gasteiger partial charge in [0.1, 0.15) is 24.1 Å². The highest BCUT2D eigenvalue weighted by Gasteiger charge is 2.32. The predicted molar refractivity (Wildman–Crippen MR) is 143 cm³/mol. The number of nitrogens with one attached hydrogen (secondary N) is 1. The Morgan fingerprint density at radius 2 is 1.78 bits per heavy atom. The zero-order valence-electron chi connectivity index (χ0n) is 22.2. The molecule has 0 unspecified atom stereocenters. The third-order valence-electron chi connectivity index (χ3n) is 6.64. The SMILES string of the molecule is COc1cccc(CN(C(=O)CN(c2cc(C)ccc2OC)S(C)(=O)=O)[C@H](C)C(=O)NC2CCCC2)c1. The minimum Gasteiger partial charge on any atom is -0.497 e. The third-order valence-corrected chi connectivity index (χ3v) is 7.76. The van der Waals surface area contributed by atoms with Gasteiger partial charge in [-0.15, -0.1) is 0 Å². The minimum atomic E-state index is -3.86. The van der Waals surface area contributed by atoms with Crippen LogP contribution < -0.4 is 19.1 Å². The maximum absolute atomic E-state index is 13.8. The second-order valence-corrected chi connectivity index (χ2v) is 11.4. The molecule has 202 valence electrons. The van der Waals surface area contributed by atoms with Gasteiger partial charge >= 0.3 is 0 Å². The second kappa shape index (κ2) is 12.3. The van der Waals surface area contributed by atoms with E-state index in [1.165, 1.54) is 12.0 Å². The number of benzene rings is 2. The first-order valence-electron chi connectivity index (χ1n) is 12.4. The molecule has 0 spiro atoms. The smallest absolute Gasteiger partial charge is 0.244 e. The van der Waals surface area contributed by atoms with E-state index in [9.17, 15) is 18.0 Å². The van der Waals surface area contributed by atoms with Crippen LogP contribution in [-0.2, 0) is 26.2 Å². The van der Waals surface area contributed by atoms with Gasteiger partial charge in [-0.05, 0) is 62.1 Å². The van der Waals surface area contributed by atoms with Crippen molar-refractivity contribution < 1.29 is 27.5 Å². The van der Waals surface area contributed by atoms with E-state index in [-0.39, 0.29) is 24.2 Å². The zero-order valence-corrected chi connectivity index (χ0v) is 23.0. The molecule has 1 aliphatic carbocycles. The van der Waals surface area contributed by atoms with Crippen LogP contribution in [-0.4, -0.2) is 64.2 Å². The summed E-state index contributed by atoms with van der Waals surface area (Å²) < 4.78 is 37.4. The quantitative estimate of drug-likeness (QED) is 0.477. The van der Waals surface area contributed by atoms with Crippen LogP contribution >= 0.6 is 0 Å². The molecule has 0 bridgehead atoms. The monoisotopic (exact) mass is 531 g/mol. The van der Waals surface area contributed by atoms with Crippen LogP contribution in [0.4, 0.5) is 5.69 Å². The Morgan fingerprint density at radius 1 is 1.08 bits per heavy atom. The van der Waals surface area contributed by atoms with Crippen molar-refractivity contribution in [2.45, 2.75) is 58.2 Å². The molecule has 2 amide bonds. The number of hydrogen-bond acceptors (Lipinski definition) is 6. The maximum Gasteiger partial charge on any atom is 0.244 e. The summed E-state index contributed by atoms with van der Waals surface area (Å²) in [6.45, 7) is 3.12. The van der Waals surface area contributed by atoms with Crippen molar-refractivity contribution in [3.63, 3.8) is 0 Å². The Balaban J connectivity index is 1.94. The van der Waals surface area contributed by atoms with Gasteiger partial charge in [0.05, 0.1) is 26.2 Å². The lowest BCUT2D eigenvalue weighted by molar-refractivity contribution is -0.139. The molecule has 2 aromatic carbocycles. The molecule has 0 aromatic heterocycles. The second-order valence-electron chi connectivity index (χ2n) is 9.48. The average Bonchev–Trinajstić information content (AvgIpc) is 3.37. The summed E-state index contributed by atoms with van der Waals surface area (Å²) in [5.41, 5.74) is 1.84. The third kappa shape index (κ3) is 7.38. The highest BCUT2D eigenvalue weighted by atomic mass is 32.2. The molecule has 9 nitrogen and oxygen atoms in total. The van der Waals surface area contributed by atoms with Gasteiger partial charge in [-0.25, -0.2) is 8.42 Å². The molecular weight excluding hydrogens is 494 g/mol. The van der Waals surface area contributed by atoms with Crippen molar-refractivity contribution >= 4 is 27.5 Å². The summed E-state index contributed by atoms with van der Waals surface area (Å²) in [5, 5.41) is 3.05. The van der Waals surface area contributed by atoms with Gasteiger partial charge in [0.25, 0.3) is 0 Å². The van der Waals surface area contributed by atoms with E-state index in [2.05, 4.69) is 5.32 Å². The van der Waals surface area contributed by atoms with Gasteiger partial charge in [0, 0.05) is 12.6 Å². The average molecular weight is 532 g/mol. The molecule has 1 atom stereocenters. The van der Waals surface area contributed by atoms with Gasteiger partial charge in [-0.1, -0.05) is 31.0 Å². The van der Waals surface area contributed by atoms with Crippen LogP contribution in [0.2, 0.25) is 0 Å². The summed E-state index contributed by atoms with van der Waals surface area (Å²) in [6, 6.07) is 11.6. The molecule has 3 rings (SSSR count). The van der Waals surface area contributed by atoms with Crippen LogP contribution in [0.1, 0.15) is 43.7 Å². The predicted octanol–water partition coefficient (Wildman–Crippen LogP) is 3.25. The van der Waals surface area contributed by atoms with Crippen LogP contribution in [0.5, 0.6) is 11.5 Å². The number of carbonyl (C=O) groups is 2. The van der Waals surface area contributed by atoms with E-state index in [1.807, 2.05) is 13.0 Å². The number of sulfonamides is 1. The fourth-order valence-electron chi connectivity index (χ4n) is 4.53. The van der Waals surface area contributed by atoms with Gasteiger partial charge in [-0.3, -0.25) is 13.9 Å². The van der Waals surface area contributed by atoms with E-state index in [0.717, 1.165) is 47.4 Å². The Bertz CT molecular complexity index is 1210. The van der Waals surface area contributed by atoms with Gasteiger partial charge < -0.3 is 19.7 Å². The number of carbonyl (C=O) groups excluding carboxylic acids is 2. The molecule has 1 aliphatic rings. The number of amides is 2. The number of rotatable bonds is 11. The summed E-state index contributed by atoms with van der Waals surface area (Å²) in [6.07, 6.45) is 5.00. The molecule has 0 aliphatic heterocycles. The first-order chi connectivity index (χ1) is 17.5. The molecule has 37 heavy (non-hydrogen) atoms. The fraction of sp³-hybridized carbons (Fsp3) is 0.481. The lowest BCUT2D eigenvalue weighted by Gasteiger charge is -2.32. The summed E-state index contributed by atoms with van der Waals surface area (Å²) in [7, 11) is -0.859. The molecule has 1 N–H and O–H groups in total. The molecule has 1 fully saturated rings. The number of hydrogen-bond donors (Lipinski definition) is 1. The fourth-order valence-corrected chi connectivity index (χ4v) is 5.38. The van der Waals surface area contributed by atoms with Gasteiger partial charge in [0.15, 0.2) is 0 Å². The molecule has 2 aromatic rings. The maximum atomic E-state index is 13.8. The Kier molecular flexibility index (Phi) is 9.42. The minimum absolute atomic E-state index is 0.0906. The Hall–Kier alpha value is -3.27. The highest BCUT2D eigenvalue weighted by Crippen LogP contribution is 2.31. The first-order valence-corrected chi connectivity index (χ1v) is 14.2. The van der Waals surface area contributed by atoms with E-state index in [0.29, 0.717) is 11.5 Å². The zero-order chi connectivity index (χ0) is 27.2. The lowest BCUT2D eigenvalue weighted by atomic mass is 10.1. The topological polar surface area (TPSA) is 105 Å². The molecule has 1 saturated carbocycles.